The fourth-order valence-corrected chi connectivity index (χ4v) is 1.56. The summed E-state index contributed by atoms with van der Waals surface area (Å²) in [6.45, 7) is 0. The van der Waals surface area contributed by atoms with Crippen LogP contribution in [0.15, 0.2) is 34.9 Å². The SMILES string of the molecule is Nc1ccc(Br)c(NC(=O)c2ccn[nH]2)c1. The molecule has 0 aliphatic carbocycles. The fourth-order valence-electron chi connectivity index (χ4n) is 1.21. The minimum atomic E-state index is -0.260. The zero-order valence-electron chi connectivity index (χ0n) is 8.20. The molecule has 1 aromatic carbocycles. The second kappa shape index (κ2) is 4.36. The molecule has 0 atom stereocenters. The molecular weight excluding hydrogens is 272 g/mol. The van der Waals surface area contributed by atoms with Crippen molar-refractivity contribution in [3.63, 3.8) is 0 Å². The van der Waals surface area contributed by atoms with Crippen LogP contribution in [0, 0.1) is 0 Å². The van der Waals surface area contributed by atoms with E-state index in [1.165, 1.54) is 6.20 Å². The predicted octanol–water partition coefficient (Wildman–Crippen LogP) is 2.01. The number of carbonyl (C=O) groups excluding carboxylic acids is 1. The molecule has 0 bridgehead atoms. The molecule has 82 valence electrons. The van der Waals surface area contributed by atoms with E-state index in [0.717, 1.165) is 4.47 Å². The first-order chi connectivity index (χ1) is 7.66. The van der Waals surface area contributed by atoms with Gasteiger partial charge in [-0.15, -0.1) is 0 Å². The summed E-state index contributed by atoms with van der Waals surface area (Å²) in [4.78, 5) is 11.7. The van der Waals surface area contributed by atoms with E-state index in [4.69, 9.17) is 5.73 Å². The third kappa shape index (κ3) is 2.22. The van der Waals surface area contributed by atoms with E-state index < -0.39 is 0 Å². The third-order valence-electron chi connectivity index (χ3n) is 1.98. The molecule has 6 heteroatoms. The van der Waals surface area contributed by atoms with Gasteiger partial charge in [-0.1, -0.05) is 0 Å². The van der Waals surface area contributed by atoms with Crippen LogP contribution in [0.2, 0.25) is 0 Å². The van der Waals surface area contributed by atoms with Gasteiger partial charge >= 0.3 is 0 Å². The van der Waals surface area contributed by atoms with Crippen LogP contribution in [0.1, 0.15) is 10.5 Å². The van der Waals surface area contributed by atoms with Crippen LogP contribution in [0.5, 0.6) is 0 Å². The lowest BCUT2D eigenvalue weighted by atomic mass is 10.2. The number of aromatic amines is 1. The van der Waals surface area contributed by atoms with Gasteiger partial charge in [0.2, 0.25) is 0 Å². The monoisotopic (exact) mass is 280 g/mol. The summed E-state index contributed by atoms with van der Waals surface area (Å²) in [7, 11) is 0. The maximum atomic E-state index is 11.7. The van der Waals surface area contributed by atoms with Gasteiger partial charge in [0.25, 0.3) is 5.91 Å². The Labute approximate surface area is 100 Å². The molecule has 2 aromatic rings. The van der Waals surface area contributed by atoms with E-state index in [9.17, 15) is 4.79 Å². The molecule has 1 heterocycles. The van der Waals surface area contributed by atoms with Crippen LogP contribution in [0.25, 0.3) is 0 Å². The number of rotatable bonds is 2. The van der Waals surface area contributed by atoms with Gasteiger partial charge in [-0.2, -0.15) is 5.10 Å². The lowest BCUT2D eigenvalue weighted by molar-refractivity contribution is 0.102. The molecule has 0 saturated carbocycles. The zero-order chi connectivity index (χ0) is 11.5. The molecule has 5 nitrogen and oxygen atoms in total. The maximum absolute atomic E-state index is 11.7. The molecule has 0 saturated heterocycles. The summed E-state index contributed by atoms with van der Waals surface area (Å²) >= 11 is 3.33. The van der Waals surface area contributed by atoms with Crippen molar-refractivity contribution in [2.75, 3.05) is 11.1 Å². The second-order valence-corrected chi connectivity index (χ2v) is 4.02. The van der Waals surface area contributed by atoms with Crippen LogP contribution in [0.3, 0.4) is 0 Å². The average Bonchev–Trinajstić information content (AvgIpc) is 2.76. The number of benzene rings is 1. The Morgan fingerprint density at radius 3 is 2.94 bits per heavy atom. The molecule has 16 heavy (non-hydrogen) atoms. The van der Waals surface area contributed by atoms with Crippen molar-refractivity contribution in [1.82, 2.24) is 10.2 Å². The summed E-state index contributed by atoms with van der Waals surface area (Å²) in [5.74, 6) is -0.260. The number of aromatic nitrogens is 2. The van der Waals surface area contributed by atoms with Gasteiger partial charge in [-0.05, 0) is 40.2 Å². The van der Waals surface area contributed by atoms with E-state index in [-0.39, 0.29) is 5.91 Å². The molecular formula is C10H9BrN4O. The molecule has 2 rings (SSSR count). The Morgan fingerprint density at radius 1 is 1.44 bits per heavy atom. The first kappa shape index (κ1) is 10.7. The van der Waals surface area contributed by atoms with Gasteiger partial charge in [0, 0.05) is 16.4 Å². The number of carbonyl (C=O) groups is 1. The largest absolute Gasteiger partial charge is 0.399 e. The van der Waals surface area contributed by atoms with Crippen LogP contribution in [-0.2, 0) is 0 Å². The van der Waals surface area contributed by atoms with Crippen molar-refractivity contribution in [2.24, 2.45) is 0 Å². The zero-order valence-corrected chi connectivity index (χ0v) is 9.78. The highest BCUT2D eigenvalue weighted by Crippen LogP contribution is 2.24. The number of nitrogens with two attached hydrogens (primary N) is 1. The van der Waals surface area contributed by atoms with Gasteiger partial charge in [-0.25, -0.2) is 0 Å². The van der Waals surface area contributed by atoms with Crippen LogP contribution in [-0.4, -0.2) is 16.1 Å². The smallest absolute Gasteiger partial charge is 0.273 e. The quantitative estimate of drug-likeness (QED) is 0.736. The second-order valence-electron chi connectivity index (χ2n) is 3.16. The number of amides is 1. The third-order valence-corrected chi connectivity index (χ3v) is 2.68. The van der Waals surface area contributed by atoms with Crippen molar-refractivity contribution >= 4 is 33.2 Å². The van der Waals surface area contributed by atoms with E-state index in [2.05, 4.69) is 31.4 Å². The van der Waals surface area contributed by atoms with Crippen LogP contribution in [0.4, 0.5) is 11.4 Å². The van der Waals surface area contributed by atoms with Gasteiger partial charge in [0.1, 0.15) is 5.69 Å². The minimum Gasteiger partial charge on any atom is -0.399 e. The number of nitrogen functional groups attached to an aromatic ring is 1. The van der Waals surface area contributed by atoms with Crippen molar-refractivity contribution in [3.05, 3.63) is 40.6 Å². The Kier molecular flexibility index (Phi) is 2.91. The summed E-state index contributed by atoms with van der Waals surface area (Å²) in [5.41, 5.74) is 7.24. The lowest BCUT2D eigenvalue weighted by Gasteiger charge is -2.06. The first-order valence-corrected chi connectivity index (χ1v) is 5.32. The Balaban J connectivity index is 2.21. The number of H-pyrrole nitrogens is 1. The molecule has 1 amide bonds. The van der Waals surface area contributed by atoms with Gasteiger partial charge < -0.3 is 11.1 Å². The van der Waals surface area contributed by atoms with Gasteiger partial charge in [0.05, 0.1) is 5.69 Å². The molecule has 0 fully saturated rings. The van der Waals surface area contributed by atoms with Crippen molar-refractivity contribution in [2.45, 2.75) is 0 Å². The molecule has 0 spiro atoms. The number of nitrogens with zero attached hydrogens (tertiary/aromatic N) is 1. The summed E-state index contributed by atoms with van der Waals surface area (Å²) in [5, 5.41) is 9.00. The predicted molar refractivity (Wildman–Crippen MR) is 65.1 cm³/mol. The highest BCUT2D eigenvalue weighted by molar-refractivity contribution is 9.10. The van der Waals surface area contributed by atoms with Gasteiger partial charge in [0.15, 0.2) is 0 Å². The molecule has 0 aliphatic rings. The molecule has 4 N–H and O–H groups in total. The Hall–Kier alpha value is -1.82. The number of hydrogen-bond donors (Lipinski definition) is 3. The van der Waals surface area contributed by atoms with Crippen molar-refractivity contribution < 1.29 is 4.79 Å². The summed E-state index contributed by atoms with van der Waals surface area (Å²) in [6, 6.07) is 6.79. The van der Waals surface area contributed by atoms with E-state index in [0.29, 0.717) is 17.1 Å². The number of anilines is 2. The summed E-state index contributed by atoms with van der Waals surface area (Å²) in [6.07, 6.45) is 1.52. The highest BCUT2D eigenvalue weighted by atomic mass is 79.9. The first-order valence-electron chi connectivity index (χ1n) is 4.52. The molecule has 0 radical (unpaired) electrons. The van der Waals surface area contributed by atoms with Crippen molar-refractivity contribution in [1.29, 1.82) is 0 Å². The molecule has 0 aliphatic heterocycles. The minimum absolute atomic E-state index is 0.260. The van der Waals surface area contributed by atoms with E-state index >= 15 is 0 Å². The lowest BCUT2D eigenvalue weighted by Crippen LogP contribution is -2.12. The number of halogens is 1. The molecule has 1 aromatic heterocycles. The normalized spacial score (nSPS) is 10.1. The fraction of sp³-hybridized carbons (Fsp3) is 0. The van der Waals surface area contributed by atoms with Crippen LogP contribution < -0.4 is 11.1 Å². The number of hydrogen-bond acceptors (Lipinski definition) is 3. The average molecular weight is 281 g/mol. The molecule has 0 unspecified atom stereocenters. The van der Waals surface area contributed by atoms with Crippen LogP contribution >= 0.6 is 15.9 Å². The Bertz CT molecular complexity index is 510. The van der Waals surface area contributed by atoms with E-state index in [1.807, 2.05) is 0 Å². The maximum Gasteiger partial charge on any atom is 0.273 e. The Morgan fingerprint density at radius 2 is 2.25 bits per heavy atom. The van der Waals surface area contributed by atoms with Gasteiger partial charge in [-0.3, -0.25) is 9.89 Å². The topological polar surface area (TPSA) is 83.8 Å². The van der Waals surface area contributed by atoms with Crippen molar-refractivity contribution in [3.8, 4) is 0 Å². The van der Waals surface area contributed by atoms with E-state index in [1.54, 1.807) is 24.3 Å². The highest BCUT2D eigenvalue weighted by Gasteiger charge is 2.09. The summed E-state index contributed by atoms with van der Waals surface area (Å²) < 4.78 is 0.773. The number of nitrogens with one attached hydrogen (secondary N) is 2. The standard InChI is InChI=1S/C10H9BrN4O/c11-7-2-1-6(12)5-9(7)14-10(16)8-3-4-13-15-8/h1-5H,12H2,(H,13,15)(H,14,16).